The lowest BCUT2D eigenvalue weighted by Gasteiger charge is -2.43. The maximum absolute atomic E-state index is 11.7. The quantitative estimate of drug-likeness (QED) is 0.607. The van der Waals surface area contributed by atoms with Crippen molar-refractivity contribution < 1.29 is 4.79 Å². The Kier molecular flexibility index (Phi) is 5.57. The van der Waals surface area contributed by atoms with Crippen molar-refractivity contribution in [2.75, 3.05) is 52.4 Å². The van der Waals surface area contributed by atoms with Crippen molar-refractivity contribution in [2.45, 2.75) is 24.8 Å². The minimum atomic E-state index is -0.449. The molecule has 3 saturated heterocycles. The lowest BCUT2D eigenvalue weighted by molar-refractivity contribution is -0.125. The second-order valence-corrected chi connectivity index (χ2v) is 7.38. The number of rotatable bonds is 3. The van der Waals surface area contributed by atoms with Gasteiger partial charge in [0.15, 0.2) is 0 Å². The smallest absolute Gasteiger partial charge is 0.253 e. The summed E-state index contributed by atoms with van der Waals surface area (Å²) in [6.45, 7) is 10.8. The highest BCUT2D eigenvalue weighted by Crippen LogP contribution is 2.21. The number of nitrogens with zero attached hydrogens (tertiary/aromatic N) is 2. The Morgan fingerprint density at radius 2 is 2.00 bits per heavy atom. The Morgan fingerprint density at radius 3 is 2.73 bits per heavy atom. The van der Waals surface area contributed by atoms with Gasteiger partial charge in [0.05, 0.1) is 0 Å². The number of carbonyl (C=O) groups is 1. The molecule has 0 bridgehead atoms. The van der Waals surface area contributed by atoms with Gasteiger partial charge in [-0.3, -0.25) is 15.1 Å². The molecular formula is C15H28ClN5O. The lowest BCUT2D eigenvalue weighted by Crippen LogP contribution is -2.64. The molecule has 3 N–H and O–H groups in total. The van der Waals surface area contributed by atoms with Crippen LogP contribution in [0.2, 0.25) is 0 Å². The first-order valence-electron chi connectivity index (χ1n) is 8.49. The Bertz CT molecular complexity index is 388. The SMILES string of the molecule is CC1CCNCC1CN1CCN(C2CNNC(=O)C2Cl)CC1. The van der Waals surface area contributed by atoms with Crippen LogP contribution in [0.1, 0.15) is 13.3 Å². The summed E-state index contributed by atoms with van der Waals surface area (Å²) in [5, 5.41) is 3.07. The fourth-order valence-electron chi connectivity index (χ4n) is 3.81. The number of alkyl halides is 1. The number of hydrogen-bond acceptors (Lipinski definition) is 5. The molecule has 3 heterocycles. The van der Waals surface area contributed by atoms with Crippen molar-refractivity contribution in [1.29, 1.82) is 0 Å². The summed E-state index contributed by atoms with van der Waals surface area (Å²) in [5.41, 5.74) is 5.55. The molecule has 0 saturated carbocycles. The molecular weight excluding hydrogens is 302 g/mol. The van der Waals surface area contributed by atoms with Crippen LogP contribution in [0.25, 0.3) is 0 Å². The highest BCUT2D eigenvalue weighted by Gasteiger charge is 2.36. The zero-order valence-corrected chi connectivity index (χ0v) is 14.1. The fourth-order valence-corrected chi connectivity index (χ4v) is 4.11. The van der Waals surface area contributed by atoms with E-state index in [2.05, 4.69) is 32.9 Å². The molecule has 0 radical (unpaired) electrons. The van der Waals surface area contributed by atoms with Crippen molar-refractivity contribution in [3.05, 3.63) is 0 Å². The Morgan fingerprint density at radius 1 is 1.23 bits per heavy atom. The van der Waals surface area contributed by atoms with E-state index in [1.54, 1.807) is 0 Å². The standard InChI is InChI=1S/C15H28ClN5O/c1-11-2-3-17-8-12(11)10-20-4-6-21(7-5-20)13-9-18-19-15(22)14(13)16/h11-14,17-18H,2-10H2,1H3,(H,19,22). The summed E-state index contributed by atoms with van der Waals surface area (Å²) in [7, 11) is 0. The second-order valence-electron chi connectivity index (χ2n) is 6.91. The largest absolute Gasteiger partial charge is 0.316 e. The van der Waals surface area contributed by atoms with E-state index in [0.29, 0.717) is 0 Å². The van der Waals surface area contributed by atoms with E-state index < -0.39 is 5.38 Å². The molecule has 0 aromatic heterocycles. The van der Waals surface area contributed by atoms with E-state index in [4.69, 9.17) is 11.6 Å². The first kappa shape index (κ1) is 16.5. The summed E-state index contributed by atoms with van der Waals surface area (Å²) >= 11 is 6.26. The number of carbonyl (C=O) groups excluding carboxylic acids is 1. The Hall–Kier alpha value is -0.400. The van der Waals surface area contributed by atoms with E-state index in [1.807, 2.05) is 0 Å². The molecule has 126 valence electrons. The normalized spacial score (nSPS) is 38.7. The molecule has 0 aromatic rings. The average molecular weight is 330 g/mol. The van der Waals surface area contributed by atoms with Gasteiger partial charge in [-0.15, -0.1) is 11.6 Å². The van der Waals surface area contributed by atoms with Crippen LogP contribution in [0.15, 0.2) is 0 Å². The average Bonchev–Trinajstić information content (AvgIpc) is 2.53. The van der Waals surface area contributed by atoms with E-state index in [-0.39, 0.29) is 11.9 Å². The van der Waals surface area contributed by atoms with E-state index >= 15 is 0 Å². The molecule has 22 heavy (non-hydrogen) atoms. The summed E-state index contributed by atoms with van der Waals surface area (Å²) in [6, 6.07) is 0.104. The Balaban J connectivity index is 1.47. The van der Waals surface area contributed by atoms with Crippen LogP contribution in [0.3, 0.4) is 0 Å². The monoisotopic (exact) mass is 329 g/mol. The van der Waals surface area contributed by atoms with E-state index in [9.17, 15) is 4.79 Å². The molecule has 4 atom stereocenters. The van der Waals surface area contributed by atoms with Crippen molar-refractivity contribution in [3.63, 3.8) is 0 Å². The zero-order chi connectivity index (χ0) is 15.5. The number of amides is 1. The molecule has 3 fully saturated rings. The van der Waals surface area contributed by atoms with E-state index in [0.717, 1.165) is 51.1 Å². The number of hydrazine groups is 1. The van der Waals surface area contributed by atoms with Gasteiger partial charge < -0.3 is 10.2 Å². The first-order chi connectivity index (χ1) is 10.6. The minimum absolute atomic E-state index is 0.104. The molecule has 7 heteroatoms. The molecule has 4 unspecified atom stereocenters. The minimum Gasteiger partial charge on any atom is -0.316 e. The number of halogens is 1. The van der Waals surface area contributed by atoms with Crippen LogP contribution in [-0.2, 0) is 4.79 Å². The maximum atomic E-state index is 11.7. The molecule has 0 aliphatic carbocycles. The fraction of sp³-hybridized carbons (Fsp3) is 0.933. The summed E-state index contributed by atoms with van der Waals surface area (Å²) in [5.74, 6) is 1.48. The van der Waals surface area contributed by atoms with Gasteiger partial charge in [-0.1, -0.05) is 6.92 Å². The molecule has 3 rings (SSSR count). The van der Waals surface area contributed by atoms with Crippen molar-refractivity contribution >= 4 is 17.5 Å². The van der Waals surface area contributed by atoms with Crippen molar-refractivity contribution in [3.8, 4) is 0 Å². The van der Waals surface area contributed by atoms with Gasteiger partial charge in [-0.2, -0.15) is 0 Å². The lowest BCUT2D eigenvalue weighted by atomic mass is 9.87. The van der Waals surface area contributed by atoms with Crippen LogP contribution in [0.5, 0.6) is 0 Å². The van der Waals surface area contributed by atoms with Gasteiger partial charge in [0.25, 0.3) is 5.91 Å². The summed E-state index contributed by atoms with van der Waals surface area (Å²) in [6.07, 6.45) is 1.29. The predicted molar refractivity (Wildman–Crippen MR) is 87.7 cm³/mol. The number of hydrogen-bond donors (Lipinski definition) is 3. The third-order valence-corrected chi connectivity index (χ3v) is 5.96. The van der Waals surface area contributed by atoms with E-state index in [1.165, 1.54) is 19.5 Å². The number of nitrogens with one attached hydrogen (secondary N) is 3. The molecule has 0 spiro atoms. The van der Waals surface area contributed by atoms with Crippen LogP contribution in [-0.4, -0.2) is 79.5 Å². The molecule has 3 aliphatic heterocycles. The predicted octanol–water partition coefficient (Wildman–Crippen LogP) is -0.540. The molecule has 6 nitrogen and oxygen atoms in total. The van der Waals surface area contributed by atoms with Crippen LogP contribution < -0.4 is 16.2 Å². The maximum Gasteiger partial charge on any atom is 0.253 e. The third-order valence-electron chi connectivity index (χ3n) is 5.47. The van der Waals surface area contributed by atoms with Gasteiger partial charge in [0.2, 0.25) is 0 Å². The first-order valence-corrected chi connectivity index (χ1v) is 8.92. The van der Waals surface area contributed by atoms with Gasteiger partial charge in [0.1, 0.15) is 5.38 Å². The highest BCUT2D eigenvalue weighted by molar-refractivity contribution is 6.31. The Labute approximate surface area is 137 Å². The molecule has 1 amide bonds. The molecule has 0 aromatic carbocycles. The van der Waals surface area contributed by atoms with Gasteiger partial charge in [0, 0.05) is 45.3 Å². The van der Waals surface area contributed by atoms with Crippen LogP contribution >= 0.6 is 11.6 Å². The highest BCUT2D eigenvalue weighted by atomic mass is 35.5. The van der Waals surface area contributed by atoms with Gasteiger partial charge in [-0.25, -0.2) is 5.43 Å². The zero-order valence-electron chi connectivity index (χ0n) is 13.4. The van der Waals surface area contributed by atoms with Crippen molar-refractivity contribution in [1.82, 2.24) is 26.0 Å². The second kappa shape index (κ2) is 7.45. The van der Waals surface area contributed by atoms with Crippen LogP contribution in [0, 0.1) is 11.8 Å². The van der Waals surface area contributed by atoms with Gasteiger partial charge in [-0.05, 0) is 31.3 Å². The van der Waals surface area contributed by atoms with Crippen molar-refractivity contribution in [2.24, 2.45) is 11.8 Å². The van der Waals surface area contributed by atoms with Gasteiger partial charge >= 0.3 is 0 Å². The number of piperazine rings is 1. The number of piperidine rings is 1. The summed E-state index contributed by atoms with van der Waals surface area (Å²) in [4.78, 5) is 16.6. The van der Waals surface area contributed by atoms with Crippen LogP contribution in [0.4, 0.5) is 0 Å². The summed E-state index contributed by atoms with van der Waals surface area (Å²) < 4.78 is 0. The topological polar surface area (TPSA) is 59.6 Å². The third kappa shape index (κ3) is 3.74. The molecule has 3 aliphatic rings.